The third kappa shape index (κ3) is 3.91. The number of nitrogens with one attached hydrogen (secondary N) is 1. The molecule has 1 heterocycles. The van der Waals surface area contributed by atoms with Crippen molar-refractivity contribution in [3.63, 3.8) is 0 Å². The van der Waals surface area contributed by atoms with E-state index in [2.05, 4.69) is 21.2 Å². The van der Waals surface area contributed by atoms with Crippen LogP contribution in [0.25, 0.3) is 0 Å². The third-order valence-electron chi connectivity index (χ3n) is 4.04. The lowest BCUT2D eigenvalue weighted by Gasteiger charge is -2.23. The molecular formula is C17H16BrFN2O3S. The summed E-state index contributed by atoms with van der Waals surface area (Å²) < 4.78 is 40.6. The second-order valence-corrected chi connectivity index (χ2v) is 8.53. The normalized spacial score (nSPS) is 18.2. The Kier molecular flexibility index (Phi) is 5.21. The number of sulfonamides is 1. The first-order valence-electron chi connectivity index (χ1n) is 7.72. The van der Waals surface area contributed by atoms with Gasteiger partial charge in [-0.1, -0.05) is 15.9 Å². The lowest BCUT2D eigenvalue weighted by atomic mass is 10.2. The highest BCUT2D eigenvalue weighted by atomic mass is 79.9. The second-order valence-electron chi connectivity index (χ2n) is 5.72. The van der Waals surface area contributed by atoms with Gasteiger partial charge in [0.1, 0.15) is 11.9 Å². The average Bonchev–Trinajstić information content (AvgIpc) is 3.08. The van der Waals surface area contributed by atoms with Crippen LogP contribution >= 0.6 is 15.9 Å². The Labute approximate surface area is 154 Å². The molecular weight excluding hydrogens is 411 g/mol. The van der Waals surface area contributed by atoms with E-state index in [-0.39, 0.29) is 4.90 Å². The van der Waals surface area contributed by atoms with Crippen molar-refractivity contribution >= 4 is 37.5 Å². The summed E-state index contributed by atoms with van der Waals surface area (Å²) in [4.78, 5) is 12.7. The number of carbonyl (C=O) groups excluding carboxylic acids is 1. The number of nitrogens with zero attached hydrogens (tertiary/aromatic N) is 1. The molecule has 132 valence electrons. The van der Waals surface area contributed by atoms with E-state index >= 15 is 0 Å². The zero-order valence-corrected chi connectivity index (χ0v) is 15.6. The Morgan fingerprint density at radius 2 is 1.76 bits per heavy atom. The molecule has 1 saturated heterocycles. The maximum Gasteiger partial charge on any atom is 0.243 e. The number of hydrogen-bond acceptors (Lipinski definition) is 3. The van der Waals surface area contributed by atoms with Crippen molar-refractivity contribution in [3.8, 4) is 0 Å². The maximum absolute atomic E-state index is 13.0. The van der Waals surface area contributed by atoms with E-state index in [0.29, 0.717) is 25.1 Å². The molecule has 1 aliphatic rings. The quantitative estimate of drug-likeness (QED) is 0.814. The minimum atomic E-state index is -3.76. The fourth-order valence-corrected chi connectivity index (χ4v) is 4.71. The summed E-state index contributed by atoms with van der Waals surface area (Å²) in [5, 5.41) is 2.65. The minimum absolute atomic E-state index is 0.150. The fraction of sp³-hybridized carbons (Fsp3) is 0.235. The van der Waals surface area contributed by atoms with Gasteiger partial charge >= 0.3 is 0 Å². The van der Waals surface area contributed by atoms with Crippen molar-refractivity contribution < 1.29 is 17.6 Å². The van der Waals surface area contributed by atoms with E-state index < -0.39 is 27.8 Å². The summed E-state index contributed by atoms with van der Waals surface area (Å²) in [6, 6.07) is 10.9. The number of benzene rings is 2. The highest BCUT2D eigenvalue weighted by Gasteiger charge is 2.39. The van der Waals surface area contributed by atoms with Gasteiger partial charge in [-0.05, 0) is 61.4 Å². The van der Waals surface area contributed by atoms with Gasteiger partial charge in [0.25, 0.3) is 0 Å². The van der Waals surface area contributed by atoms with Crippen LogP contribution in [0.15, 0.2) is 57.9 Å². The van der Waals surface area contributed by atoms with Crippen LogP contribution < -0.4 is 5.32 Å². The SMILES string of the molecule is O=C(Nc1ccc(F)cc1)[C@H]1CCCN1S(=O)(=O)c1ccc(Br)cc1. The molecule has 25 heavy (non-hydrogen) atoms. The topological polar surface area (TPSA) is 66.5 Å². The van der Waals surface area contributed by atoms with Gasteiger partial charge in [-0.15, -0.1) is 0 Å². The van der Waals surface area contributed by atoms with Crippen molar-refractivity contribution in [2.24, 2.45) is 0 Å². The summed E-state index contributed by atoms with van der Waals surface area (Å²) in [5.41, 5.74) is 0.430. The highest BCUT2D eigenvalue weighted by molar-refractivity contribution is 9.10. The number of carbonyl (C=O) groups is 1. The van der Waals surface area contributed by atoms with Crippen molar-refractivity contribution in [2.45, 2.75) is 23.8 Å². The van der Waals surface area contributed by atoms with Crippen LogP contribution in [-0.2, 0) is 14.8 Å². The molecule has 0 saturated carbocycles. The first-order valence-corrected chi connectivity index (χ1v) is 9.95. The van der Waals surface area contributed by atoms with Crippen LogP contribution in [0.1, 0.15) is 12.8 Å². The Morgan fingerprint density at radius 3 is 2.40 bits per heavy atom. The summed E-state index contributed by atoms with van der Waals surface area (Å²) >= 11 is 3.27. The highest BCUT2D eigenvalue weighted by Crippen LogP contribution is 2.27. The standard InChI is InChI=1S/C17H16BrFN2O3S/c18-12-3-9-15(10-4-12)25(23,24)21-11-1-2-16(21)17(22)20-14-7-5-13(19)6-8-14/h3-10,16H,1-2,11H2,(H,20,22)/t16-/m1/s1. The van der Waals surface area contributed by atoms with Crippen LogP contribution in [0.2, 0.25) is 0 Å². The molecule has 0 aliphatic carbocycles. The van der Waals surface area contributed by atoms with Crippen molar-refractivity contribution in [1.29, 1.82) is 0 Å². The Morgan fingerprint density at radius 1 is 1.12 bits per heavy atom. The molecule has 0 bridgehead atoms. The van der Waals surface area contributed by atoms with Gasteiger partial charge in [0, 0.05) is 16.7 Å². The molecule has 0 aromatic heterocycles. The molecule has 1 atom stereocenters. The van der Waals surface area contributed by atoms with Crippen molar-refractivity contribution in [2.75, 3.05) is 11.9 Å². The largest absolute Gasteiger partial charge is 0.325 e. The first-order chi connectivity index (χ1) is 11.9. The zero-order valence-electron chi connectivity index (χ0n) is 13.2. The van der Waals surface area contributed by atoms with E-state index in [4.69, 9.17) is 0 Å². The van der Waals surface area contributed by atoms with Crippen LogP contribution in [-0.4, -0.2) is 31.2 Å². The van der Waals surface area contributed by atoms with Gasteiger partial charge in [-0.2, -0.15) is 4.31 Å². The van der Waals surface area contributed by atoms with Crippen LogP contribution in [0.3, 0.4) is 0 Å². The van der Waals surface area contributed by atoms with Gasteiger partial charge in [-0.25, -0.2) is 12.8 Å². The summed E-state index contributed by atoms with van der Waals surface area (Å²) in [5.74, 6) is -0.817. The molecule has 0 spiro atoms. The van der Waals surface area contributed by atoms with Crippen molar-refractivity contribution in [3.05, 3.63) is 58.8 Å². The molecule has 2 aromatic carbocycles. The van der Waals surface area contributed by atoms with E-state index in [0.717, 1.165) is 4.47 Å². The number of anilines is 1. The summed E-state index contributed by atoms with van der Waals surface area (Å²) in [6.07, 6.45) is 1.06. The molecule has 8 heteroatoms. The van der Waals surface area contributed by atoms with Crippen LogP contribution in [0.4, 0.5) is 10.1 Å². The Bertz CT molecular complexity index is 870. The van der Waals surface area contributed by atoms with Gasteiger partial charge in [0.15, 0.2) is 0 Å². The average molecular weight is 427 g/mol. The van der Waals surface area contributed by atoms with Crippen LogP contribution in [0.5, 0.6) is 0 Å². The first kappa shape index (κ1) is 18.0. The van der Waals surface area contributed by atoms with E-state index in [1.165, 1.54) is 40.7 Å². The number of amides is 1. The van der Waals surface area contributed by atoms with Gasteiger partial charge in [0.2, 0.25) is 15.9 Å². The fourth-order valence-electron chi connectivity index (χ4n) is 2.79. The maximum atomic E-state index is 13.0. The number of hydrogen-bond donors (Lipinski definition) is 1. The second kappa shape index (κ2) is 7.23. The van der Waals surface area contributed by atoms with Gasteiger partial charge < -0.3 is 5.32 Å². The van der Waals surface area contributed by atoms with Gasteiger partial charge in [0.05, 0.1) is 4.90 Å². The predicted molar refractivity (Wildman–Crippen MR) is 96.1 cm³/mol. The number of rotatable bonds is 4. The molecule has 2 aromatic rings. The third-order valence-corrected chi connectivity index (χ3v) is 6.49. The molecule has 1 aliphatic heterocycles. The predicted octanol–water partition coefficient (Wildman–Crippen LogP) is 3.38. The lowest BCUT2D eigenvalue weighted by Crippen LogP contribution is -2.43. The van der Waals surface area contributed by atoms with E-state index in [1.54, 1.807) is 12.1 Å². The summed E-state index contributed by atoms with van der Waals surface area (Å²) in [6.45, 7) is 0.292. The van der Waals surface area contributed by atoms with Crippen LogP contribution in [0, 0.1) is 5.82 Å². The monoisotopic (exact) mass is 426 g/mol. The van der Waals surface area contributed by atoms with E-state index in [1.807, 2.05) is 0 Å². The molecule has 1 N–H and O–H groups in total. The molecule has 1 amide bonds. The Hall–Kier alpha value is -1.77. The smallest absolute Gasteiger partial charge is 0.243 e. The molecule has 3 rings (SSSR count). The van der Waals surface area contributed by atoms with E-state index in [9.17, 15) is 17.6 Å². The summed E-state index contributed by atoms with van der Waals surface area (Å²) in [7, 11) is -3.76. The molecule has 5 nitrogen and oxygen atoms in total. The minimum Gasteiger partial charge on any atom is -0.325 e. The van der Waals surface area contributed by atoms with Crippen molar-refractivity contribution in [1.82, 2.24) is 4.31 Å². The Balaban J connectivity index is 1.80. The zero-order chi connectivity index (χ0) is 18.0. The molecule has 0 unspecified atom stereocenters. The molecule has 1 fully saturated rings. The molecule has 0 radical (unpaired) electrons. The van der Waals surface area contributed by atoms with Gasteiger partial charge in [-0.3, -0.25) is 4.79 Å². The lowest BCUT2D eigenvalue weighted by molar-refractivity contribution is -0.119. The number of halogens is 2.